The van der Waals surface area contributed by atoms with Crippen LogP contribution in [0.2, 0.25) is 0 Å². The number of fused-ring (bicyclic) bond motifs is 1. The molecule has 3 N–H and O–H groups in total. The highest BCUT2D eigenvalue weighted by molar-refractivity contribution is 5.78. The average Bonchev–Trinajstić information content (AvgIpc) is 3.47. The maximum absolute atomic E-state index is 12.2. The number of aromatic amines is 1. The molecule has 0 saturated heterocycles. The van der Waals surface area contributed by atoms with Gasteiger partial charge in [0.05, 0.1) is 18.4 Å². The van der Waals surface area contributed by atoms with E-state index in [2.05, 4.69) is 16.3 Å². The Morgan fingerprint density at radius 1 is 1.43 bits per heavy atom. The van der Waals surface area contributed by atoms with Gasteiger partial charge in [-0.3, -0.25) is 9.89 Å². The Hall–Kier alpha value is -3.47. The quantitative estimate of drug-likeness (QED) is 0.604. The summed E-state index contributed by atoms with van der Waals surface area (Å²) >= 11 is 0. The first-order valence-electron chi connectivity index (χ1n) is 9.14. The summed E-state index contributed by atoms with van der Waals surface area (Å²) in [5, 5.41) is 16.7. The zero-order valence-corrected chi connectivity index (χ0v) is 15.6. The predicted octanol–water partition coefficient (Wildman–Crippen LogP) is 2.65. The van der Waals surface area contributed by atoms with E-state index >= 15 is 0 Å². The molecule has 2 aliphatic rings. The summed E-state index contributed by atoms with van der Waals surface area (Å²) in [6.07, 6.45) is 1.69. The largest absolute Gasteiger partial charge is 0.490 e. The van der Waals surface area contributed by atoms with Gasteiger partial charge in [-0.1, -0.05) is 6.07 Å². The van der Waals surface area contributed by atoms with Gasteiger partial charge in [0.2, 0.25) is 11.8 Å². The van der Waals surface area contributed by atoms with Crippen LogP contribution >= 0.6 is 0 Å². The number of nitrogens with two attached hydrogens (primary N) is 1. The van der Waals surface area contributed by atoms with Crippen LogP contribution in [0.25, 0.3) is 0 Å². The molecular formula is C20H20N4O4. The van der Waals surface area contributed by atoms with Crippen molar-refractivity contribution >= 4 is 5.97 Å². The zero-order chi connectivity index (χ0) is 19.8. The summed E-state index contributed by atoms with van der Waals surface area (Å²) in [4.78, 5) is 12.2. The van der Waals surface area contributed by atoms with Gasteiger partial charge >= 0.3 is 5.97 Å². The third kappa shape index (κ3) is 3.05. The Morgan fingerprint density at radius 2 is 2.21 bits per heavy atom. The molecule has 1 aliphatic heterocycles. The fourth-order valence-electron chi connectivity index (χ4n) is 3.30. The molecule has 8 heteroatoms. The summed E-state index contributed by atoms with van der Waals surface area (Å²) in [6, 6.07) is 7.43. The number of allylic oxidation sites excluding steroid dienone is 1. The van der Waals surface area contributed by atoms with Crippen molar-refractivity contribution in [2.24, 2.45) is 11.7 Å². The van der Waals surface area contributed by atoms with Crippen molar-refractivity contribution in [2.75, 3.05) is 6.61 Å². The Morgan fingerprint density at radius 3 is 2.89 bits per heavy atom. The molecule has 2 heterocycles. The highest BCUT2D eigenvalue weighted by Gasteiger charge is 2.36. The molecular weight excluding hydrogens is 360 g/mol. The lowest BCUT2D eigenvalue weighted by Crippen LogP contribution is -2.21. The van der Waals surface area contributed by atoms with Crippen molar-refractivity contribution < 1.29 is 19.0 Å². The van der Waals surface area contributed by atoms with E-state index in [4.69, 9.17) is 19.9 Å². The molecule has 28 heavy (non-hydrogen) atoms. The number of benzene rings is 1. The topological polar surface area (TPSA) is 123 Å². The lowest BCUT2D eigenvalue weighted by Gasteiger charge is -2.24. The number of carbonyl (C=O) groups excluding carboxylic acids is 1. The monoisotopic (exact) mass is 380 g/mol. The van der Waals surface area contributed by atoms with Gasteiger partial charge in [-0.15, -0.1) is 5.10 Å². The third-order valence-electron chi connectivity index (χ3n) is 4.85. The van der Waals surface area contributed by atoms with E-state index in [0.717, 1.165) is 29.7 Å². The van der Waals surface area contributed by atoms with Gasteiger partial charge in [-0.05, 0) is 44.4 Å². The molecule has 0 radical (unpaired) electrons. The zero-order valence-electron chi connectivity index (χ0n) is 15.6. The molecule has 4 rings (SSSR count). The Kier molecular flexibility index (Phi) is 4.43. The van der Waals surface area contributed by atoms with Crippen LogP contribution in [-0.2, 0) is 4.79 Å². The lowest BCUT2D eigenvalue weighted by atomic mass is 9.84. The predicted molar refractivity (Wildman–Crippen MR) is 98.6 cm³/mol. The smallest absolute Gasteiger partial charge is 0.314 e. The maximum Gasteiger partial charge on any atom is 0.314 e. The minimum Gasteiger partial charge on any atom is -0.490 e. The summed E-state index contributed by atoms with van der Waals surface area (Å²) in [6.45, 7) is 4.14. The van der Waals surface area contributed by atoms with Crippen LogP contribution in [0.3, 0.4) is 0 Å². The normalized spacial score (nSPS) is 18.1. The van der Waals surface area contributed by atoms with Crippen molar-refractivity contribution in [3.8, 4) is 23.4 Å². The number of carbonyl (C=O) groups is 1. The number of H-pyrrole nitrogens is 1. The second kappa shape index (κ2) is 6.93. The molecule has 1 aromatic heterocycles. The summed E-state index contributed by atoms with van der Waals surface area (Å²) in [7, 11) is 0. The van der Waals surface area contributed by atoms with Crippen LogP contribution in [0.4, 0.5) is 0 Å². The number of esters is 1. The van der Waals surface area contributed by atoms with Crippen LogP contribution in [-0.4, -0.2) is 22.8 Å². The third-order valence-corrected chi connectivity index (χ3v) is 4.85. The fraction of sp³-hybridized carbons (Fsp3) is 0.350. The van der Waals surface area contributed by atoms with Gasteiger partial charge in [0, 0.05) is 11.3 Å². The average molecular weight is 380 g/mol. The van der Waals surface area contributed by atoms with Crippen LogP contribution in [0.1, 0.15) is 42.5 Å². The minimum atomic E-state index is -0.485. The number of ether oxygens (including phenoxy) is 3. The molecule has 0 bridgehead atoms. The minimum absolute atomic E-state index is 0.0110. The Labute approximate surface area is 161 Å². The first kappa shape index (κ1) is 17.9. The molecule has 1 aromatic carbocycles. The first-order chi connectivity index (χ1) is 13.5. The molecule has 144 valence electrons. The molecule has 1 atom stereocenters. The Balaban J connectivity index is 1.80. The molecule has 1 aliphatic carbocycles. The van der Waals surface area contributed by atoms with Crippen LogP contribution in [0.5, 0.6) is 17.4 Å². The van der Waals surface area contributed by atoms with Gasteiger partial charge in [0.25, 0.3) is 0 Å². The van der Waals surface area contributed by atoms with E-state index in [-0.39, 0.29) is 23.3 Å². The van der Waals surface area contributed by atoms with E-state index < -0.39 is 5.92 Å². The summed E-state index contributed by atoms with van der Waals surface area (Å²) in [5.74, 6) is 0.367. The Bertz CT molecular complexity index is 1010. The molecule has 1 saturated carbocycles. The maximum atomic E-state index is 12.2. The van der Waals surface area contributed by atoms with E-state index in [0.29, 0.717) is 24.0 Å². The fourth-order valence-corrected chi connectivity index (χ4v) is 3.30. The van der Waals surface area contributed by atoms with Crippen molar-refractivity contribution in [2.45, 2.75) is 32.6 Å². The molecule has 0 amide bonds. The van der Waals surface area contributed by atoms with Crippen molar-refractivity contribution in [3.63, 3.8) is 0 Å². The van der Waals surface area contributed by atoms with Crippen LogP contribution < -0.4 is 19.9 Å². The van der Waals surface area contributed by atoms with Crippen molar-refractivity contribution in [1.82, 2.24) is 10.2 Å². The van der Waals surface area contributed by atoms with Crippen molar-refractivity contribution in [1.29, 1.82) is 5.26 Å². The molecule has 0 spiro atoms. The highest BCUT2D eigenvalue weighted by Crippen LogP contribution is 2.44. The van der Waals surface area contributed by atoms with Gasteiger partial charge in [-0.25, -0.2) is 0 Å². The van der Waals surface area contributed by atoms with Gasteiger partial charge in [0.15, 0.2) is 11.5 Å². The highest BCUT2D eigenvalue weighted by atomic mass is 16.6. The van der Waals surface area contributed by atoms with Crippen LogP contribution in [0.15, 0.2) is 29.7 Å². The molecule has 1 fully saturated rings. The number of rotatable bonds is 5. The number of hydrogen-bond acceptors (Lipinski definition) is 7. The van der Waals surface area contributed by atoms with E-state index in [1.807, 2.05) is 19.9 Å². The van der Waals surface area contributed by atoms with Gasteiger partial charge in [0.1, 0.15) is 11.6 Å². The van der Waals surface area contributed by atoms with Gasteiger partial charge in [-0.2, -0.15) is 5.26 Å². The lowest BCUT2D eigenvalue weighted by molar-refractivity contribution is -0.135. The standard InChI is InChI=1S/C20H20N4O4/c1-3-26-14-7-6-12(8-15(14)27-20(25)11-4-5-11)17-13(9-21)18(22)28-19-16(17)10(2)23-24-19/h6-8,11,17H,3-5,22H2,1-2H3,(H,23,24)/t17-/m1/s1. The molecule has 2 aromatic rings. The second-order valence-corrected chi connectivity index (χ2v) is 6.83. The van der Waals surface area contributed by atoms with Crippen LogP contribution in [0, 0.1) is 24.2 Å². The number of aromatic nitrogens is 2. The second-order valence-electron chi connectivity index (χ2n) is 6.83. The van der Waals surface area contributed by atoms with Crippen molar-refractivity contribution in [3.05, 3.63) is 46.5 Å². The number of aryl methyl sites for hydroxylation is 1. The summed E-state index contributed by atoms with van der Waals surface area (Å²) < 4.78 is 16.7. The van der Waals surface area contributed by atoms with Gasteiger partial charge < -0.3 is 19.9 Å². The van der Waals surface area contributed by atoms with E-state index in [9.17, 15) is 10.1 Å². The summed E-state index contributed by atoms with van der Waals surface area (Å²) in [5.41, 5.74) is 8.47. The van der Waals surface area contributed by atoms with E-state index in [1.165, 1.54) is 0 Å². The molecule has 8 nitrogen and oxygen atoms in total. The van der Waals surface area contributed by atoms with E-state index in [1.54, 1.807) is 12.1 Å². The number of nitrogens with one attached hydrogen (secondary N) is 1. The number of nitrogens with zero attached hydrogens (tertiary/aromatic N) is 2. The SMILES string of the molecule is CCOc1ccc([C@@H]2C(C#N)=C(N)Oc3n[nH]c(C)c32)cc1OC(=O)C1CC1. The number of hydrogen-bond donors (Lipinski definition) is 2. The number of nitriles is 1. The molecule has 0 unspecified atom stereocenters. The first-order valence-corrected chi connectivity index (χ1v) is 9.14.